The zero-order chi connectivity index (χ0) is 21.3. The van der Waals surface area contributed by atoms with Crippen molar-refractivity contribution < 1.29 is 9.59 Å². The van der Waals surface area contributed by atoms with Gasteiger partial charge in [0.1, 0.15) is 0 Å². The first-order chi connectivity index (χ1) is 14.4. The van der Waals surface area contributed by atoms with E-state index < -0.39 is 0 Å². The SMILES string of the molecule is Cc1cc(C)n(Cc2cccc(C(=O)N3CCN(C(=O)c4ccc(C)s4)CC3)c2)n1. The Hall–Kier alpha value is -2.93. The Morgan fingerprint density at radius 2 is 1.63 bits per heavy atom. The Bertz CT molecular complexity index is 1080. The fourth-order valence-corrected chi connectivity index (χ4v) is 4.65. The molecular formula is C23H26N4O2S. The predicted octanol–water partition coefficient (Wildman–Crippen LogP) is 3.52. The van der Waals surface area contributed by atoms with E-state index in [0.29, 0.717) is 38.3 Å². The molecule has 0 radical (unpaired) electrons. The Labute approximate surface area is 180 Å². The summed E-state index contributed by atoms with van der Waals surface area (Å²) >= 11 is 1.52. The van der Waals surface area contributed by atoms with Crippen LogP contribution in [0, 0.1) is 20.8 Å². The van der Waals surface area contributed by atoms with Crippen molar-refractivity contribution in [2.45, 2.75) is 27.3 Å². The summed E-state index contributed by atoms with van der Waals surface area (Å²) in [6.45, 7) is 8.89. The highest BCUT2D eigenvalue weighted by Gasteiger charge is 2.26. The zero-order valence-electron chi connectivity index (χ0n) is 17.6. The van der Waals surface area contributed by atoms with Gasteiger partial charge in [-0.25, -0.2) is 0 Å². The Balaban J connectivity index is 1.39. The van der Waals surface area contributed by atoms with Crippen molar-refractivity contribution in [1.29, 1.82) is 0 Å². The third-order valence-corrected chi connectivity index (χ3v) is 6.40. The molecule has 0 aliphatic carbocycles. The highest BCUT2D eigenvalue weighted by Crippen LogP contribution is 2.19. The van der Waals surface area contributed by atoms with Crippen LogP contribution in [0.25, 0.3) is 0 Å². The number of nitrogens with zero attached hydrogens (tertiary/aromatic N) is 4. The van der Waals surface area contributed by atoms with Crippen molar-refractivity contribution in [2.24, 2.45) is 0 Å². The van der Waals surface area contributed by atoms with Crippen molar-refractivity contribution in [3.05, 3.63) is 74.7 Å². The van der Waals surface area contributed by atoms with E-state index in [1.165, 1.54) is 11.3 Å². The maximum atomic E-state index is 13.0. The van der Waals surface area contributed by atoms with Crippen LogP contribution in [0.1, 0.15) is 41.9 Å². The molecule has 1 saturated heterocycles. The van der Waals surface area contributed by atoms with Crippen LogP contribution in [0.2, 0.25) is 0 Å². The second-order valence-corrected chi connectivity index (χ2v) is 9.07. The van der Waals surface area contributed by atoms with E-state index in [1.807, 2.05) is 77.7 Å². The Morgan fingerprint density at radius 1 is 0.933 bits per heavy atom. The standard InChI is InChI=1S/C23H26N4O2S/c1-16-13-17(2)27(24-16)15-19-5-4-6-20(14-19)22(28)25-9-11-26(12-10-25)23(29)21-8-7-18(3)30-21/h4-8,13-14H,9-12,15H2,1-3H3. The maximum absolute atomic E-state index is 13.0. The lowest BCUT2D eigenvalue weighted by Crippen LogP contribution is -2.50. The fraction of sp³-hybridized carbons (Fsp3) is 0.348. The van der Waals surface area contributed by atoms with Gasteiger partial charge in [0.15, 0.2) is 0 Å². The monoisotopic (exact) mass is 422 g/mol. The summed E-state index contributed by atoms with van der Waals surface area (Å²) in [7, 11) is 0. The number of amides is 2. The van der Waals surface area contributed by atoms with Crippen molar-refractivity contribution >= 4 is 23.2 Å². The molecule has 0 N–H and O–H groups in total. The fourth-order valence-electron chi connectivity index (χ4n) is 3.81. The van der Waals surface area contributed by atoms with Gasteiger partial charge in [0, 0.05) is 42.3 Å². The molecule has 6 nitrogen and oxygen atoms in total. The number of aryl methyl sites for hydroxylation is 3. The smallest absolute Gasteiger partial charge is 0.264 e. The number of aromatic nitrogens is 2. The topological polar surface area (TPSA) is 58.4 Å². The van der Waals surface area contributed by atoms with Crippen molar-refractivity contribution in [1.82, 2.24) is 19.6 Å². The minimum Gasteiger partial charge on any atom is -0.335 e. The molecule has 0 unspecified atom stereocenters. The van der Waals surface area contributed by atoms with Gasteiger partial charge in [-0.05, 0) is 56.7 Å². The molecule has 0 atom stereocenters. The molecule has 7 heteroatoms. The Morgan fingerprint density at radius 3 is 2.23 bits per heavy atom. The number of rotatable bonds is 4. The lowest BCUT2D eigenvalue weighted by molar-refractivity contribution is 0.0538. The van der Waals surface area contributed by atoms with Gasteiger partial charge in [-0.1, -0.05) is 12.1 Å². The predicted molar refractivity (Wildman–Crippen MR) is 118 cm³/mol. The lowest BCUT2D eigenvalue weighted by Gasteiger charge is -2.34. The van der Waals surface area contributed by atoms with Gasteiger partial charge >= 0.3 is 0 Å². The van der Waals surface area contributed by atoms with E-state index in [2.05, 4.69) is 5.10 Å². The molecule has 2 aromatic heterocycles. The van der Waals surface area contributed by atoms with Crippen LogP contribution >= 0.6 is 11.3 Å². The van der Waals surface area contributed by atoms with E-state index in [9.17, 15) is 9.59 Å². The molecule has 30 heavy (non-hydrogen) atoms. The minimum absolute atomic E-state index is 0.0179. The van der Waals surface area contributed by atoms with Crippen LogP contribution in [0.5, 0.6) is 0 Å². The first-order valence-electron chi connectivity index (χ1n) is 10.2. The third-order valence-electron chi connectivity index (χ3n) is 5.41. The van der Waals surface area contributed by atoms with Crippen LogP contribution in [0.15, 0.2) is 42.5 Å². The normalized spacial score (nSPS) is 14.2. The van der Waals surface area contributed by atoms with Crippen molar-refractivity contribution in [3.8, 4) is 0 Å². The highest BCUT2D eigenvalue weighted by atomic mass is 32.1. The number of piperazine rings is 1. The summed E-state index contributed by atoms with van der Waals surface area (Å²) in [6.07, 6.45) is 0. The third kappa shape index (κ3) is 4.31. The van der Waals surface area contributed by atoms with Gasteiger partial charge in [-0.3, -0.25) is 14.3 Å². The number of hydrogen-bond acceptors (Lipinski definition) is 4. The summed E-state index contributed by atoms with van der Waals surface area (Å²) in [5.74, 6) is 0.0800. The molecular weight excluding hydrogens is 396 g/mol. The maximum Gasteiger partial charge on any atom is 0.264 e. The molecule has 2 amide bonds. The molecule has 0 spiro atoms. The second-order valence-electron chi connectivity index (χ2n) is 7.78. The lowest BCUT2D eigenvalue weighted by atomic mass is 10.1. The average molecular weight is 423 g/mol. The molecule has 1 aliphatic heterocycles. The van der Waals surface area contributed by atoms with E-state index in [4.69, 9.17) is 0 Å². The van der Waals surface area contributed by atoms with Gasteiger partial charge < -0.3 is 9.80 Å². The first kappa shape index (κ1) is 20.3. The van der Waals surface area contributed by atoms with Crippen LogP contribution in [-0.2, 0) is 6.54 Å². The second kappa shape index (κ2) is 8.44. The molecule has 0 saturated carbocycles. The number of carbonyl (C=O) groups excluding carboxylic acids is 2. The summed E-state index contributed by atoms with van der Waals surface area (Å²) < 4.78 is 1.95. The Kier molecular flexibility index (Phi) is 5.72. The van der Waals surface area contributed by atoms with E-state index >= 15 is 0 Å². The zero-order valence-corrected chi connectivity index (χ0v) is 18.4. The van der Waals surface area contributed by atoms with Gasteiger partial charge in [0.2, 0.25) is 0 Å². The number of hydrogen-bond donors (Lipinski definition) is 0. The van der Waals surface area contributed by atoms with E-state index in [1.54, 1.807) is 0 Å². The largest absolute Gasteiger partial charge is 0.335 e. The molecule has 3 heterocycles. The van der Waals surface area contributed by atoms with Crippen LogP contribution in [0.3, 0.4) is 0 Å². The first-order valence-corrected chi connectivity index (χ1v) is 11.0. The van der Waals surface area contributed by atoms with Crippen molar-refractivity contribution in [3.63, 3.8) is 0 Å². The molecule has 1 fully saturated rings. The summed E-state index contributed by atoms with van der Waals surface area (Å²) in [5.41, 5.74) is 3.83. The molecule has 4 rings (SSSR count). The molecule has 1 aromatic carbocycles. The molecule has 3 aromatic rings. The minimum atomic E-state index is 0.0179. The molecule has 0 bridgehead atoms. The van der Waals surface area contributed by atoms with E-state index in [0.717, 1.165) is 26.7 Å². The van der Waals surface area contributed by atoms with Gasteiger partial charge in [-0.15, -0.1) is 11.3 Å². The highest BCUT2D eigenvalue weighted by molar-refractivity contribution is 7.13. The van der Waals surface area contributed by atoms with Gasteiger partial charge in [-0.2, -0.15) is 5.10 Å². The average Bonchev–Trinajstić information content (AvgIpc) is 3.31. The van der Waals surface area contributed by atoms with Crippen LogP contribution in [-0.4, -0.2) is 57.6 Å². The van der Waals surface area contributed by atoms with Crippen molar-refractivity contribution in [2.75, 3.05) is 26.2 Å². The van der Waals surface area contributed by atoms with Crippen LogP contribution < -0.4 is 0 Å². The van der Waals surface area contributed by atoms with E-state index in [-0.39, 0.29) is 11.8 Å². The quantitative estimate of drug-likeness (QED) is 0.646. The molecule has 156 valence electrons. The summed E-state index contributed by atoms with van der Waals surface area (Å²) in [6, 6.07) is 13.7. The number of benzene rings is 1. The van der Waals surface area contributed by atoms with Gasteiger partial charge in [0.25, 0.3) is 11.8 Å². The molecule has 1 aliphatic rings. The van der Waals surface area contributed by atoms with Gasteiger partial charge in [0.05, 0.1) is 17.1 Å². The summed E-state index contributed by atoms with van der Waals surface area (Å²) in [5, 5.41) is 4.51. The number of carbonyl (C=O) groups is 2. The number of thiophene rings is 1. The summed E-state index contributed by atoms with van der Waals surface area (Å²) in [4.78, 5) is 31.2. The van der Waals surface area contributed by atoms with Crippen LogP contribution in [0.4, 0.5) is 0 Å².